The monoisotopic (exact) mass is 275 g/mol. The van der Waals surface area contributed by atoms with Crippen LogP contribution in [-0.2, 0) is 22.7 Å². The van der Waals surface area contributed by atoms with Crippen LogP contribution in [0.2, 0.25) is 0 Å². The molecule has 3 nitrogen and oxygen atoms in total. The van der Waals surface area contributed by atoms with Gasteiger partial charge in [0.2, 0.25) is 0 Å². The Labute approximate surface area is 112 Å². The summed E-state index contributed by atoms with van der Waals surface area (Å²) in [6.07, 6.45) is 1.18. The molecule has 0 radical (unpaired) electrons. The molecule has 1 heterocycles. The molecule has 1 N–H and O–H groups in total. The first kappa shape index (κ1) is 15.0. The predicted molar refractivity (Wildman–Crippen MR) is 74.5 cm³/mol. The van der Waals surface area contributed by atoms with E-state index in [-0.39, 0.29) is 0 Å². The van der Waals surface area contributed by atoms with Crippen molar-refractivity contribution < 1.29 is 9.84 Å². The Morgan fingerprint density at radius 2 is 2.18 bits per heavy atom. The molecule has 1 aromatic heterocycles. The maximum Gasteiger partial charge on any atom is 0.103 e. The van der Waals surface area contributed by atoms with E-state index in [1.54, 1.807) is 32.3 Å². The average molecular weight is 275 g/mol. The summed E-state index contributed by atoms with van der Waals surface area (Å²) in [5.74, 6) is 2.07. The van der Waals surface area contributed by atoms with Crippen LogP contribution in [0.15, 0.2) is 0 Å². The zero-order chi connectivity index (χ0) is 12.9. The minimum atomic E-state index is -0.834. The fraction of sp³-hybridized carbons (Fsp3) is 0.750. The normalized spacial score (nSPS) is 12.1. The lowest BCUT2D eigenvalue weighted by molar-refractivity contribution is 0.0782. The number of thiazole rings is 1. The van der Waals surface area contributed by atoms with Gasteiger partial charge in [-0.15, -0.1) is 11.3 Å². The summed E-state index contributed by atoms with van der Waals surface area (Å²) in [5.41, 5.74) is 0.0382. The standard InChI is InChI=1S/C12H21NO2S2/c1-5-6-16-8-10-13-9(7-15-4)11(17-10)12(2,3)14/h14H,5-8H2,1-4H3. The van der Waals surface area contributed by atoms with Crippen LogP contribution in [-0.4, -0.2) is 23.0 Å². The lowest BCUT2D eigenvalue weighted by Gasteiger charge is -2.16. The van der Waals surface area contributed by atoms with Crippen LogP contribution in [0.4, 0.5) is 0 Å². The average Bonchev–Trinajstić information content (AvgIpc) is 2.62. The van der Waals surface area contributed by atoms with Gasteiger partial charge in [0.25, 0.3) is 0 Å². The van der Waals surface area contributed by atoms with Gasteiger partial charge in [0.05, 0.1) is 22.8 Å². The molecule has 0 bridgehead atoms. The molecule has 98 valence electrons. The van der Waals surface area contributed by atoms with E-state index in [0.717, 1.165) is 27.1 Å². The van der Waals surface area contributed by atoms with Gasteiger partial charge in [0.1, 0.15) is 5.01 Å². The fourth-order valence-corrected chi connectivity index (χ4v) is 3.50. The van der Waals surface area contributed by atoms with Gasteiger partial charge >= 0.3 is 0 Å². The van der Waals surface area contributed by atoms with E-state index < -0.39 is 5.60 Å². The summed E-state index contributed by atoms with van der Waals surface area (Å²) in [6, 6.07) is 0. The van der Waals surface area contributed by atoms with E-state index in [1.807, 2.05) is 11.8 Å². The first-order valence-corrected chi connectivity index (χ1v) is 7.74. The number of aliphatic hydroxyl groups is 1. The van der Waals surface area contributed by atoms with Gasteiger partial charge in [0, 0.05) is 12.9 Å². The molecule has 0 aliphatic heterocycles. The maximum atomic E-state index is 10.1. The zero-order valence-corrected chi connectivity index (χ0v) is 12.6. The molecule has 0 amide bonds. The Kier molecular flexibility index (Phi) is 5.92. The van der Waals surface area contributed by atoms with Crippen molar-refractivity contribution in [3.05, 3.63) is 15.6 Å². The van der Waals surface area contributed by atoms with E-state index in [1.165, 1.54) is 6.42 Å². The second kappa shape index (κ2) is 6.73. The summed E-state index contributed by atoms with van der Waals surface area (Å²) in [7, 11) is 1.65. The van der Waals surface area contributed by atoms with Crippen LogP contribution >= 0.6 is 23.1 Å². The highest BCUT2D eigenvalue weighted by molar-refractivity contribution is 7.98. The number of ether oxygens (including phenoxy) is 1. The highest BCUT2D eigenvalue weighted by atomic mass is 32.2. The van der Waals surface area contributed by atoms with Crippen molar-refractivity contribution in [3.8, 4) is 0 Å². The molecule has 0 spiro atoms. The summed E-state index contributed by atoms with van der Waals surface area (Å²) in [4.78, 5) is 5.47. The Hall–Kier alpha value is -0.100. The minimum absolute atomic E-state index is 0.467. The van der Waals surface area contributed by atoms with Crippen LogP contribution in [0.5, 0.6) is 0 Å². The summed E-state index contributed by atoms with van der Waals surface area (Å²) < 4.78 is 5.13. The molecule has 0 aliphatic rings. The molecular weight excluding hydrogens is 254 g/mol. The van der Waals surface area contributed by atoms with E-state index in [9.17, 15) is 5.11 Å². The lowest BCUT2D eigenvalue weighted by atomic mass is 10.1. The number of methoxy groups -OCH3 is 1. The van der Waals surface area contributed by atoms with Crippen molar-refractivity contribution in [2.45, 2.75) is 45.2 Å². The largest absolute Gasteiger partial charge is 0.385 e. The van der Waals surface area contributed by atoms with E-state index >= 15 is 0 Å². The Morgan fingerprint density at radius 1 is 1.47 bits per heavy atom. The number of hydrogen-bond acceptors (Lipinski definition) is 5. The highest BCUT2D eigenvalue weighted by Crippen LogP contribution is 2.32. The summed E-state index contributed by atoms with van der Waals surface area (Å²) in [6.45, 7) is 6.23. The Morgan fingerprint density at radius 3 is 2.71 bits per heavy atom. The molecule has 0 saturated carbocycles. The summed E-state index contributed by atoms with van der Waals surface area (Å²) >= 11 is 3.48. The topological polar surface area (TPSA) is 42.4 Å². The number of hydrogen-bond donors (Lipinski definition) is 1. The van der Waals surface area contributed by atoms with Gasteiger partial charge in [-0.3, -0.25) is 0 Å². The van der Waals surface area contributed by atoms with E-state index in [4.69, 9.17) is 4.74 Å². The van der Waals surface area contributed by atoms with Crippen LogP contribution in [0.3, 0.4) is 0 Å². The molecule has 0 atom stereocenters. The molecule has 0 saturated heterocycles. The van der Waals surface area contributed by atoms with Crippen molar-refractivity contribution in [2.24, 2.45) is 0 Å². The van der Waals surface area contributed by atoms with Gasteiger partial charge < -0.3 is 9.84 Å². The number of rotatable bonds is 7. The molecular formula is C12H21NO2S2. The molecule has 5 heteroatoms. The summed E-state index contributed by atoms with van der Waals surface area (Å²) in [5, 5.41) is 11.2. The molecule has 0 unspecified atom stereocenters. The van der Waals surface area contributed by atoms with Crippen LogP contribution in [0.1, 0.15) is 42.8 Å². The van der Waals surface area contributed by atoms with Gasteiger partial charge in [0.15, 0.2) is 0 Å². The second-order valence-electron chi connectivity index (χ2n) is 4.43. The third kappa shape index (κ3) is 4.58. The van der Waals surface area contributed by atoms with E-state index in [2.05, 4.69) is 11.9 Å². The zero-order valence-electron chi connectivity index (χ0n) is 10.9. The van der Waals surface area contributed by atoms with Crippen molar-refractivity contribution in [1.29, 1.82) is 0 Å². The van der Waals surface area contributed by atoms with Crippen LogP contribution < -0.4 is 0 Å². The van der Waals surface area contributed by atoms with Crippen LogP contribution in [0, 0.1) is 0 Å². The van der Waals surface area contributed by atoms with Crippen molar-refractivity contribution in [2.75, 3.05) is 12.9 Å². The molecule has 1 aromatic rings. The second-order valence-corrected chi connectivity index (χ2v) is 6.62. The first-order valence-electron chi connectivity index (χ1n) is 5.77. The predicted octanol–water partition coefficient (Wildman–Crippen LogP) is 3.16. The molecule has 0 aliphatic carbocycles. The van der Waals surface area contributed by atoms with Gasteiger partial charge in [-0.1, -0.05) is 6.92 Å². The quantitative estimate of drug-likeness (QED) is 0.776. The van der Waals surface area contributed by atoms with E-state index in [0.29, 0.717) is 6.61 Å². The highest BCUT2D eigenvalue weighted by Gasteiger charge is 2.24. The van der Waals surface area contributed by atoms with Gasteiger partial charge in [-0.25, -0.2) is 4.98 Å². The number of thioether (sulfide) groups is 1. The minimum Gasteiger partial charge on any atom is -0.385 e. The number of aromatic nitrogens is 1. The van der Waals surface area contributed by atoms with Crippen molar-refractivity contribution in [1.82, 2.24) is 4.98 Å². The smallest absolute Gasteiger partial charge is 0.103 e. The SMILES string of the molecule is CCCSCc1nc(COC)c(C(C)(C)O)s1. The molecule has 0 aromatic carbocycles. The third-order valence-corrected chi connectivity index (χ3v) is 4.92. The Balaban J connectivity index is 2.80. The van der Waals surface area contributed by atoms with Gasteiger partial charge in [-0.2, -0.15) is 11.8 Å². The maximum absolute atomic E-state index is 10.1. The van der Waals surface area contributed by atoms with Gasteiger partial charge in [-0.05, 0) is 26.0 Å². The molecule has 17 heavy (non-hydrogen) atoms. The Bertz CT molecular complexity index is 345. The first-order chi connectivity index (χ1) is 7.99. The fourth-order valence-electron chi connectivity index (χ4n) is 1.48. The van der Waals surface area contributed by atoms with Crippen molar-refractivity contribution in [3.63, 3.8) is 0 Å². The lowest BCUT2D eigenvalue weighted by Crippen LogP contribution is -2.16. The molecule has 0 fully saturated rings. The van der Waals surface area contributed by atoms with Crippen LogP contribution in [0.25, 0.3) is 0 Å². The number of nitrogens with zero attached hydrogens (tertiary/aromatic N) is 1. The molecule has 1 rings (SSSR count). The van der Waals surface area contributed by atoms with Crippen molar-refractivity contribution >= 4 is 23.1 Å². The third-order valence-electron chi connectivity index (χ3n) is 2.15.